The lowest BCUT2D eigenvalue weighted by Crippen LogP contribution is -2.54. The molecule has 0 aromatic carbocycles. The number of carbonyl (C=O) groups excluding carboxylic acids is 1. The lowest BCUT2D eigenvalue weighted by Gasteiger charge is -2.38. The molecule has 0 aromatic rings. The van der Waals surface area contributed by atoms with Crippen LogP contribution in [-0.2, 0) is 17.8 Å². The SMILES string of the molecule is C.C.C.C=C(C)C(=O)OC[Si](C)(C)O[Si](C)(C)O[Si](C)(C)CC. The zero-order valence-corrected chi connectivity index (χ0v) is 17.3. The van der Waals surface area contributed by atoms with E-state index in [0.717, 1.165) is 6.04 Å². The second-order valence-electron chi connectivity index (χ2n) is 6.83. The second-order valence-corrected chi connectivity index (χ2v) is 19.3. The van der Waals surface area contributed by atoms with E-state index in [-0.39, 0.29) is 28.2 Å². The van der Waals surface area contributed by atoms with Gasteiger partial charge in [0, 0.05) is 5.57 Å². The van der Waals surface area contributed by atoms with Crippen LogP contribution < -0.4 is 0 Å². The monoisotopic (exact) mass is 382 g/mol. The Morgan fingerprint density at radius 1 is 0.913 bits per heavy atom. The Morgan fingerprint density at radius 2 is 1.30 bits per heavy atom. The maximum atomic E-state index is 11.5. The molecule has 0 unspecified atom stereocenters. The van der Waals surface area contributed by atoms with Crippen molar-refractivity contribution in [1.29, 1.82) is 0 Å². The number of carbonyl (C=O) groups is 1. The van der Waals surface area contributed by atoms with E-state index in [4.69, 9.17) is 13.0 Å². The number of rotatable bonds is 8. The topological polar surface area (TPSA) is 44.8 Å². The molecule has 0 rings (SSSR count). The van der Waals surface area contributed by atoms with Crippen molar-refractivity contribution < 1.29 is 17.8 Å². The Morgan fingerprint density at radius 3 is 1.65 bits per heavy atom. The van der Waals surface area contributed by atoms with Crippen molar-refractivity contribution in [2.75, 3.05) is 6.23 Å². The Labute approximate surface area is 149 Å². The molecule has 0 aliphatic heterocycles. The first-order valence-corrected chi connectivity index (χ1v) is 16.1. The van der Waals surface area contributed by atoms with E-state index in [2.05, 4.69) is 52.8 Å². The minimum atomic E-state index is -2.18. The number of esters is 1. The Bertz CT molecular complexity index is 366. The third kappa shape index (κ3) is 13.9. The summed E-state index contributed by atoms with van der Waals surface area (Å²) in [5.41, 5.74) is 0.419. The molecule has 0 aliphatic rings. The summed E-state index contributed by atoms with van der Waals surface area (Å²) in [6.45, 7) is 20.1. The van der Waals surface area contributed by atoms with Gasteiger partial charge in [-0.3, -0.25) is 0 Å². The maximum Gasteiger partial charge on any atom is 0.332 e. The van der Waals surface area contributed by atoms with Crippen LogP contribution in [0, 0.1) is 0 Å². The van der Waals surface area contributed by atoms with Crippen molar-refractivity contribution in [3.8, 4) is 0 Å². The fourth-order valence-electron chi connectivity index (χ4n) is 1.82. The summed E-state index contributed by atoms with van der Waals surface area (Å²) in [6.07, 6.45) is 0.340. The van der Waals surface area contributed by atoms with E-state index in [1.54, 1.807) is 6.92 Å². The molecule has 0 N–H and O–H groups in total. The average molecular weight is 383 g/mol. The fourth-order valence-corrected chi connectivity index (χ4v) is 14.3. The molecule has 0 aliphatic carbocycles. The molecule has 0 spiro atoms. The molecule has 142 valence electrons. The molecule has 0 heterocycles. The summed E-state index contributed by atoms with van der Waals surface area (Å²) in [6, 6.07) is 1.07. The van der Waals surface area contributed by atoms with Crippen LogP contribution in [0.15, 0.2) is 12.2 Å². The minimum Gasteiger partial charge on any atom is -0.463 e. The van der Waals surface area contributed by atoms with Crippen LogP contribution in [-0.4, -0.2) is 37.4 Å². The number of ether oxygens (including phenoxy) is 1. The largest absolute Gasteiger partial charge is 0.463 e. The van der Waals surface area contributed by atoms with Crippen LogP contribution in [0.2, 0.25) is 45.3 Å². The van der Waals surface area contributed by atoms with Crippen molar-refractivity contribution in [1.82, 2.24) is 0 Å². The fraction of sp³-hybridized carbons (Fsp3) is 0.812. The van der Waals surface area contributed by atoms with Gasteiger partial charge in [-0.15, -0.1) is 0 Å². The van der Waals surface area contributed by atoms with E-state index in [9.17, 15) is 4.79 Å². The molecule has 0 bridgehead atoms. The lowest BCUT2D eigenvalue weighted by molar-refractivity contribution is -0.137. The standard InChI is InChI=1S/C13H30O4Si3.3CH4/c1-10-18(4,5)16-20(8,9)17-19(6,7)11-15-13(14)12(2)3;;;/h2,10-11H2,1,3-9H3;3*1H4. The van der Waals surface area contributed by atoms with Gasteiger partial charge in [-0.25, -0.2) is 4.79 Å². The van der Waals surface area contributed by atoms with Gasteiger partial charge in [0.2, 0.25) is 8.32 Å². The second kappa shape index (κ2) is 11.4. The normalized spacial score (nSPS) is 11.5. The van der Waals surface area contributed by atoms with Crippen LogP contribution in [0.25, 0.3) is 0 Å². The Balaban J connectivity index is -0.000000602. The van der Waals surface area contributed by atoms with Crippen LogP contribution in [0.5, 0.6) is 0 Å². The van der Waals surface area contributed by atoms with Crippen molar-refractivity contribution in [2.24, 2.45) is 0 Å². The molecule has 0 fully saturated rings. The summed E-state index contributed by atoms with van der Waals surface area (Å²) in [5, 5.41) is 0. The van der Waals surface area contributed by atoms with E-state index in [1.165, 1.54) is 0 Å². The van der Waals surface area contributed by atoms with Crippen molar-refractivity contribution in [2.45, 2.75) is 81.5 Å². The van der Waals surface area contributed by atoms with Crippen molar-refractivity contribution in [3.05, 3.63) is 12.2 Å². The van der Waals surface area contributed by atoms with Crippen LogP contribution in [0.3, 0.4) is 0 Å². The highest BCUT2D eigenvalue weighted by Crippen LogP contribution is 2.22. The van der Waals surface area contributed by atoms with Gasteiger partial charge in [-0.05, 0) is 52.2 Å². The molecule has 0 aromatic heterocycles. The third-order valence-corrected chi connectivity index (χ3v) is 13.7. The molecule has 0 saturated heterocycles. The lowest BCUT2D eigenvalue weighted by atomic mass is 10.4. The van der Waals surface area contributed by atoms with Gasteiger partial charge in [0.15, 0.2) is 8.32 Å². The van der Waals surface area contributed by atoms with Gasteiger partial charge in [0.25, 0.3) is 0 Å². The van der Waals surface area contributed by atoms with Crippen LogP contribution in [0.4, 0.5) is 0 Å². The summed E-state index contributed by atoms with van der Waals surface area (Å²) in [4.78, 5) is 11.5. The van der Waals surface area contributed by atoms with Crippen molar-refractivity contribution in [3.63, 3.8) is 0 Å². The summed E-state index contributed by atoms with van der Waals surface area (Å²) >= 11 is 0. The highest BCUT2D eigenvalue weighted by atomic mass is 28.5. The Hall–Kier alpha value is -0.219. The Kier molecular flexibility index (Phi) is 15.1. The van der Waals surface area contributed by atoms with E-state index in [1.807, 2.05) is 0 Å². The van der Waals surface area contributed by atoms with Gasteiger partial charge in [-0.1, -0.05) is 35.8 Å². The summed E-state index contributed by atoms with van der Waals surface area (Å²) in [7, 11) is -5.91. The number of hydrogen-bond acceptors (Lipinski definition) is 4. The third-order valence-electron chi connectivity index (χ3n) is 2.79. The average Bonchev–Trinajstić information content (AvgIpc) is 2.22. The molecule has 0 amide bonds. The molecule has 0 radical (unpaired) electrons. The predicted octanol–water partition coefficient (Wildman–Crippen LogP) is 5.72. The summed E-state index contributed by atoms with van der Waals surface area (Å²) in [5.74, 6) is -0.349. The molecule has 0 atom stereocenters. The summed E-state index contributed by atoms with van der Waals surface area (Å²) < 4.78 is 17.8. The highest BCUT2D eigenvalue weighted by Gasteiger charge is 2.39. The van der Waals surface area contributed by atoms with Gasteiger partial charge >= 0.3 is 14.5 Å². The molecule has 23 heavy (non-hydrogen) atoms. The van der Waals surface area contributed by atoms with Crippen LogP contribution in [0.1, 0.15) is 36.1 Å². The molecular formula is C16H42O4Si3. The first-order valence-electron chi connectivity index (χ1n) is 7.03. The minimum absolute atomic E-state index is 0. The van der Waals surface area contributed by atoms with Gasteiger partial charge < -0.3 is 13.0 Å². The molecular weight excluding hydrogens is 340 g/mol. The molecule has 4 nitrogen and oxygen atoms in total. The zero-order chi connectivity index (χ0) is 16.2. The van der Waals surface area contributed by atoms with Gasteiger partial charge in [-0.2, -0.15) is 0 Å². The van der Waals surface area contributed by atoms with Crippen LogP contribution >= 0.6 is 0 Å². The van der Waals surface area contributed by atoms with E-state index in [0.29, 0.717) is 11.8 Å². The first kappa shape index (κ1) is 30.6. The molecule has 0 saturated carbocycles. The highest BCUT2D eigenvalue weighted by molar-refractivity contribution is 6.87. The van der Waals surface area contributed by atoms with E-state index >= 15 is 0 Å². The maximum absolute atomic E-state index is 11.5. The quantitative estimate of drug-likeness (QED) is 0.306. The van der Waals surface area contributed by atoms with Crippen molar-refractivity contribution >= 4 is 31.2 Å². The zero-order valence-electron chi connectivity index (χ0n) is 14.3. The number of hydrogen-bond donors (Lipinski definition) is 0. The smallest absolute Gasteiger partial charge is 0.332 e. The van der Waals surface area contributed by atoms with Gasteiger partial charge in [0.05, 0.1) is 0 Å². The first-order chi connectivity index (χ1) is 8.80. The van der Waals surface area contributed by atoms with Gasteiger partial charge in [0.1, 0.15) is 6.23 Å². The molecule has 7 heteroatoms. The predicted molar refractivity (Wildman–Crippen MR) is 111 cm³/mol. The van der Waals surface area contributed by atoms with E-state index < -0.39 is 25.2 Å².